The summed E-state index contributed by atoms with van der Waals surface area (Å²) in [5.74, 6) is 1.28. The highest BCUT2D eigenvalue weighted by atomic mass is 16.6. The molecule has 1 aliphatic heterocycles. The molecule has 36 heavy (non-hydrogen) atoms. The van der Waals surface area contributed by atoms with Gasteiger partial charge in [0.1, 0.15) is 22.8 Å². The molecule has 10 heteroatoms. The van der Waals surface area contributed by atoms with Crippen LogP contribution in [0.1, 0.15) is 58.6 Å². The van der Waals surface area contributed by atoms with E-state index in [1.54, 1.807) is 17.3 Å². The van der Waals surface area contributed by atoms with Crippen LogP contribution in [0.2, 0.25) is 0 Å². The van der Waals surface area contributed by atoms with Gasteiger partial charge in [0, 0.05) is 23.0 Å². The van der Waals surface area contributed by atoms with Gasteiger partial charge in [-0.2, -0.15) is 9.78 Å². The SMILES string of the molecule is Cc1nc2c(c(Nc3ccc(-c4cnn(C(=O)OC(C)(C)C)c4)cc3)n1)CN(C(=O)OC(C)(C)C)C2. The van der Waals surface area contributed by atoms with Crippen LogP contribution in [0.15, 0.2) is 36.7 Å². The summed E-state index contributed by atoms with van der Waals surface area (Å²) in [6.07, 6.45) is 2.36. The standard InChI is InChI=1S/C26H32N6O4/c1-16-28-21-15-31(23(33)35-25(2,3)4)14-20(21)22(29-16)30-19-10-8-17(9-11-19)18-12-27-32(13-18)24(34)36-26(5,6)7/h8-13H,14-15H2,1-7H3,(H,28,29,30). The van der Waals surface area contributed by atoms with Crippen molar-refractivity contribution >= 4 is 23.7 Å². The van der Waals surface area contributed by atoms with Crippen molar-refractivity contribution in [2.75, 3.05) is 5.32 Å². The number of benzene rings is 1. The largest absolute Gasteiger partial charge is 0.444 e. The van der Waals surface area contributed by atoms with Crippen molar-refractivity contribution in [1.29, 1.82) is 0 Å². The molecule has 4 rings (SSSR count). The molecule has 3 aromatic rings. The molecule has 2 aromatic heterocycles. The predicted octanol–water partition coefficient (Wildman–Crippen LogP) is 5.43. The summed E-state index contributed by atoms with van der Waals surface area (Å²) in [6, 6.07) is 7.70. The third-order valence-electron chi connectivity index (χ3n) is 5.19. The van der Waals surface area contributed by atoms with Crippen molar-refractivity contribution in [3.05, 3.63) is 53.7 Å². The lowest BCUT2D eigenvalue weighted by Gasteiger charge is -2.24. The number of nitrogens with zero attached hydrogens (tertiary/aromatic N) is 5. The fourth-order valence-electron chi connectivity index (χ4n) is 3.70. The molecule has 0 spiro atoms. The van der Waals surface area contributed by atoms with Crippen molar-refractivity contribution in [2.24, 2.45) is 0 Å². The van der Waals surface area contributed by atoms with E-state index in [2.05, 4.69) is 20.4 Å². The summed E-state index contributed by atoms with van der Waals surface area (Å²) in [5, 5.41) is 7.48. The van der Waals surface area contributed by atoms with Crippen LogP contribution < -0.4 is 5.32 Å². The highest BCUT2D eigenvalue weighted by Crippen LogP contribution is 2.31. The van der Waals surface area contributed by atoms with Crippen molar-refractivity contribution in [2.45, 2.75) is 72.8 Å². The van der Waals surface area contributed by atoms with Gasteiger partial charge in [-0.25, -0.2) is 19.6 Å². The number of rotatable bonds is 3. The normalized spacial score (nSPS) is 13.4. The van der Waals surface area contributed by atoms with Crippen LogP contribution in [0.25, 0.3) is 11.1 Å². The van der Waals surface area contributed by atoms with Gasteiger partial charge < -0.3 is 14.8 Å². The van der Waals surface area contributed by atoms with Gasteiger partial charge >= 0.3 is 12.2 Å². The lowest BCUT2D eigenvalue weighted by Crippen LogP contribution is -2.33. The Hall–Kier alpha value is -3.95. The molecular formula is C26H32N6O4. The maximum atomic E-state index is 12.6. The van der Waals surface area contributed by atoms with Crippen molar-refractivity contribution in [3.8, 4) is 11.1 Å². The molecule has 1 amide bonds. The maximum Gasteiger partial charge on any atom is 0.435 e. The highest BCUT2D eigenvalue weighted by molar-refractivity contribution is 5.74. The molecule has 190 valence electrons. The Bertz CT molecular complexity index is 1290. The minimum Gasteiger partial charge on any atom is -0.444 e. The third-order valence-corrected chi connectivity index (χ3v) is 5.19. The molecule has 0 saturated carbocycles. The molecule has 1 aromatic carbocycles. The number of aryl methyl sites for hydroxylation is 1. The van der Waals surface area contributed by atoms with Crippen LogP contribution in [0.4, 0.5) is 21.1 Å². The zero-order valence-electron chi connectivity index (χ0n) is 21.7. The van der Waals surface area contributed by atoms with Crippen molar-refractivity contribution in [1.82, 2.24) is 24.6 Å². The topological polar surface area (TPSA) is 111 Å². The average Bonchev–Trinajstić information content (AvgIpc) is 3.39. The Labute approximate surface area is 210 Å². The van der Waals surface area contributed by atoms with Crippen LogP contribution in [0.5, 0.6) is 0 Å². The van der Waals surface area contributed by atoms with Crippen LogP contribution in [0, 0.1) is 6.92 Å². The van der Waals surface area contributed by atoms with Gasteiger partial charge in [-0.05, 0) is 66.2 Å². The van der Waals surface area contributed by atoms with E-state index in [1.807, 2.05) is 72.7 Å². The van der Waals surface area contributed by atoms with E-state index < -0.39 is 17.3 Å². The Morgan fingerprint density at radius 3 is 2.17 bits per heavy atom. The second-order valence-electron chi connectivity index (χ2n) is 10.7. The molecule has 0 aliphatic carbocycles. The number of hydrogen-bond donors (Lipinski definition) is 1. The van der Waals surface area contributed by atoms with E-state index in [9.17, 15) is 9.59 Å². The molecule has 1 aliphatic rings. The van der Waals surface area contributed by atoms with Gasteiger partial charge in [-0.3, -0.25) is 4.90 Å². The molecule has 0 saturated heterocycles. The van der Waals surface area contributed by atoms with E-state index in [0.717, 1.165) is 28.1 Å². The second-order valence-corrected chi connectivity index (χ2v) is 10.7. The summed E-state index contributed by atoms with van der Waals surface area (Å²) in [5.41, 5.74) is 3.03. The van der Waals surface area contributed by atoms with Gasteiger partial charge in [0.25, 0.3) is 0 Å². The van der Waals surface area contributed by atoms with Crippen molar-refractivity contribution in [3.63, 3.8) is 0 Å². The molecule has 10 nitrogen and oxygen atoms in total. The number of hydrogen-bond acceptors (Lipinski definition) is 8. The zero-order valence-corrected chi connectivity index (χ0v) is 21.7. The Morgan fingerprint density at radius 2 is 1.53 bits per heavy atom. The Morgan fingerprint density at radius 1 is 0.889 bits per heavy atom. The minimum absolute atomic E-state index is 0.370. The van der Waals surface area contributed by atoms with Gasteiger partial charge in [0.15, 0.2) is 0 Å². The molecule has 0 radical (unpaired) electrons. The maximum absolute atomic E-state index is 12.6. The number of carbonyl (C=O) groups excluding carboxylic acids is 2. The number of carbonyl (C=O) groups is 2. The van der Waals surface area contributed by atoms with E-state index in [0.29, 0.717) is 24.7 Å². The van der Waals surface area contributed by atoms with Crippen molar-refractivity contribution < 1.29 is 19.1 Å². The predicted molar refractivity (Wildman–Crippen MR) is 135 cm³/mol. The quantitative estimate of drug-likeness (QED) is 0.515. The number of amides is 1. The summed E-state index contributed by atoms with van der Waals surface area (Å²) >= 11 is 0. The fraction of sp³-hybridized carbons (Fsp3) is 0.423. The zero-order chi connectivity index (χ0) is 26.3. The molecule has 1 N–H and O–H groups in total. The summed E-state index contributed by atoms with van der Waals surface area (Å²) in [7, 11) is 0. The lowest BCUT2D eigenvalue weighted by molar-refractivity contribution is 0.0240. The van der Waals surface area contributed by atoms with E-state index in [1.165, 1.54) is 4.68 Å². The van der Waals surface area contributed by atoms with Crippen LogP contribution >= 0.6 is 0 Å². The number of nitrogens with one attached hydrogen (secondary N) is 1. The Kier molecular flexibility index (Phi) is 6.46. The molecule has 0 fully saturated rings. The van der Waals surface area contributed by atoms with E-state index >= 15 is 0 Å². The average molecular weight is 493 g/mol. The third kappa shape index (κ3) is 5.99. The number of anilines is 2. The second kappa shape index (κ2) is 9.25. The van der Waals surface area contributed by atoms with Gasteiger partial charge in [-0.15, -0.1) is 0 Å². The van der Waals surface area contributed by atoms with Gasteiger partial charge in [0.05, 0.1) is 25.0 Å². The summed E-state index contributed by atoms with van der Waals surface area (Å²) in [6.45, 7) is 13.5. The molecule has 3 heterocycles. The van der Waals surface area contributed by atoms with Gasteiger partial charge in [0.2, 0.25) is 0 Å². The smallest absolute Gasteiger partial charge is 0.435 e. The number of aromatic nitrogens is 4. The molecule has 0 unspecified atom stereocenters. The first-order valence-corrected chi connectivity index (χ1v) is 11.8. The Balaban J connectivity index is 1.48. The molecular weight excluding hydrogens is 460 g/mol. The summed E-state index contributed by atoms with van der Waals surface area (Å²) < 4.78 is 12.1. The fourth-order valence-corrected chi connectivity index (χ4v) is 3.70. The van der Waals surface area contributed by atoms with E-state index in [-0.39, 0.29) is 6.09 Å². The molecule has 0 atom stereocenters. The highest BCUT2D eigenvalue weighted by Gasteiger charge is 2.31. The van der Waals surface area contributed by atoms with Crippen LogP contribution in [-0.4, -0.2) is 48.0 Å². The summed E-state index contributed by atoms with van der Waals surface area (Å²) in [4.78, 5) is 35.5. The number of fused-ring (bicyclic) bond motifs is 1. The van der Waals surface area contributed by atoms with E-state index in [4.69, 9.17) is 9.47 Å². The monoisotopic (exact) mass is 492 g/mol. The minimum atomic E-state index is -0.597. The lowest BCUT2D eigenvalue weighted by atomic mass is 10.1. The first-order chi connectivity index (χ1) is 16.8. The number of ether oxygens (including phenoxy) is 2. The first kappa shape index (κ1) is 25.2. The first-order valence-electron chi connectivity index (χ1n) is 11.8. The van der Waals surface area contributed by atoms with Crippen LogP contribution in [-0.2, 0) is 22.6 Å². The molecule has 0 bridgehead atoms. The van der Waals surface area contributed by atoms with Gasteiger partial charge in [-0.1, -0.05) is 12.1 Å². The van der Waals surface area contributed by atoms with Crippen LogP contribution in [0.3, 0.4) is 0 Å².